The summed E-state index contributed by atoms with van der Waals surface area (Å²) < 4.78 is 0. The van der Waals surface area contributed by atoms with E-state index in [1.54, 1.807) is 36.0 Å². The normalized spacial score (nSPS) is 10.5. The van der Waals surface area contributed by atoms with Crippen LogP contribution in [0.2, 0.25) is 10.0 Å². The highest BCUT2D eigenvalue weighted by Gasteiger charge is 2.15. The number of carbonyl (C=O) groups excluding carboxylic acids is 1. The molecule has 0 radical (unpaired) electrons. The Morgan fingerprint density at radius 2 is 1.91 bits per heavy atom. The average Bonchev–Trinajstić information content (AvgIpc) is 3.02. The molecule has 0 aliphatic carbocycles. The van der Waals surface area contributed by atoms with Crippen LogP contribution in [0.3, 0.4) is 0 Å². The molecule has 0 fully saturated rings. The average molecular weight is 350 g/mol. The number of para-hydroxylation sites is 1. The van der Waals surface area contributed by atoms with Crippen molar-refractivity contribution in [2.75, 3.05) is 5.32 Å². The molecule has 4 nitrogen and oxygen atoms in total. The van der Waals surface area contributed by atoms with Gasteiger partial charge in [-0.1, -0.05) is 29.3 Å². The first kappa shape index (κ1) is 15.0. The van der Waals surface area contributed by atoms with Crippen molar-refractivity contribution in [3.63, 3.8) is 0 Å². The lowest BCUT2D eigenvalue weighted by Gasteiger charge is -2.07. The van der Waals surface area contributed by atoms with Gasteiger partial charge in [-0.25, -0.2) is 4.98 Å². The fraction of sp³-hybridized carbons (Fsp3) is 0. The van der Waals surface area contributed by atoms with Gasteiger partial charge in [0.2, 0.25) is 0 Å². The van der Waals surface area contributed by atoms with Gasteiger partial charge in [0.15, 0.2) is 0 Å². The lowest BCUT2D eigenvalue weighted by Crippen LogP contribution is -2.13. The third kappa shape index (κ3) is 3.11. The number of nitrogens with one attached hydrogen (secondary N) is 1. The molecule has 0 bridgehead atoms. The maximum atomic E-state index is 12.3. The largest absolute Gasteiger partial charge is 0.318 e. The molecule has 7 heteroatoms. The van der Waals surface area contributed by atoms with E-state index in [1.165, 1.54) is 11.3 Å². The number of amides is 1. The number of hydrogen-bond acceptors (Lipinski definition) is 4. The Kier molecular flexibility index (Phi) is 4.38. The molecule has 0 saturated heterocycles. The summed E-state index contributed by atoms with van der Waals surface area (Å²) in [4.78, 5) is 20.6. The maximum Gasteiger partial charge on any atom is 0.275 e. The highest BCUT2D eigenvalue weighted by molar-refractivity contribution is 7.13. The Hall–Kier alpha value is -1.95. The number of rotatable bonds is 3. The zero-order valence-electron chi connectivity index (χ0n) is 11.1. The van der Waals surface area contributed by atoms with Gasteiger partial charge < -0.3 is 5.32 Å². The smallest absolute Gasteiger partial charge is 0.275 e. The molecular formula is C15H9Cl2N3OS. The Morgan fingerprint density at radius 3 is 2.59 bits per heavy atom. The van der Waals surface area contributed by atoms with Crippen molar-refractivity contribution in [2.45, 2.75) is 0 Å². The van der Waals surface area contributed by atoms with Crippen LogP contribution >= 0.6 is 34.5 Å². The van der Waals surface area contributed by atoms with E-state index in [4.69, 9.17) is 23.2 Å². The molecule has 1 amide bonds. The first-order valence-electron chi connectivity index (χ1n) is 6.26. The first-order chi connectivity index (χ1) is 10.6. The van der Waals surface area contributed by atoms with Crippen molar-refractivity contribution < 1.29 is 4.79 Å². The molecule has 110 valence electrons. The Labute approximate surface area is 140 Å². The van der Waals surface area contributed by atoms with Crippen LogP contribution in [-0.4, -0.2) is 15.9 Å². The van der Waals surface area contributed by atoms with E-state index in [2.05, 4.69) is 15.3 Å². The number of anilines is 1. The second-order valence-electron chi connectivity index (χ2n) is 4.33. The SMILES string of the molecule is O=C(Nc1c(Cl)cccc1Cl)c1csc(-c2cccnc2)n1. The first-order valence-corrected chi connectivity index (χ1v) is 7.90. The topological polar surface area (TPSA) is 54.9 Å². The number of pyridine rings is 1. The van der Waals surface area contributed by atoms with Crippen molar-refractivity contribution in [2.24, 2.45) is 0 Å². The van der Waals surface area contributed by atoms with Crippen molar-refractivity contribution in [1.29, 1.82) is 0 Å². The lowest BCUT2D eigenvalue weighted by molar-refractivity contribution is 0.102. The molecule has 3 rings (SSSR count). The fourth-order valence-corrected chi connectivity index (χ4v) is 3.08. The second-order valence-corrected chi connectivity index (χ2v) is 6.00. The summed E-state index contributed by atoms with van der Waals surface area (Å²) in [7, 11) is 0. The Morgan fingerprint density at radius 1 is 1.14 bits per heavy atom. The zero-order valence-corrected chi connectivity index (χ0v) is 13.4. The highest BCUT2D eigenvalue weighted by atomic mass is 35.5. The number of hydrogen-bond donors (Lipinski definition) is 1. The van der Waals surface area contributed by atoms with Crippen molar-refractivity contribution in [3.8, 4) is 10.6 Å². The summed E-state index contributed by atoms with van der Waals surface area (Å²) in [5.41, 5.74) is 1.55. The number of nitrogens with zero attached hydrogens (tertiary/aromatic N) is 2. The molecule has 0 aliphatic rings. The van der Waals surface area contributed by atoms with Crippen molar-refractivity contribution in [1.82, 2.24) is 9.97 Å². The Balaban J connectivity index is 1.83. The van der Waals surface area contributed by atoms with E-state index in [0.717, 1.165) is 10.6 Å². The van der Waals surface area contributed by atoms with Gasteiger partial charge >= 0.3 is 0 Å². The third-order valence-electron chi connectivity index (χ3n) is 2.85. The third-order valence-corrected chi connectivity index (χ3v) is 4.37. The standard InChI is InChI=1S/C15H9Cl2N3OS/c16-10-4-1-5-11(17)13(10)20-14(21)12-8-22-15(19-12)9-3-2-6-18-7-9/h1-8H,(H,20,21). The van der Waals surface area contributed by atoms with E-state index in [-0.39, 0.29) is 5.91 Å². The molecule has 0 spiro atoms. The van der Waals surface area contributed by atoms with E-state index in [0.29, 0.717) is 21.4 Å². The number of aromatic nitrogens is 2. The summed E-state index contributed by atoms with van der Waals surface area (Å²) in [6, 6.07) is 8.73. The molecule has 0 saturated carbocycles. The Bertz CT molecular complexity index is 800. The molecule has 0 atom stereocenters. The maximum absolute atomic E-state index is 12.3. The summed E-state index contributed by atoms with van der Waals surface area (Å²) in [5.74, 6) is -0.360. The van der Waals surface area contributed by atoms with E-state index < -0.39 is 0 Å². The minimum absolute atomic E-state index is 0.305. The highest BCUT2D eigenvalue weighted by Crippen LogP contribution is 2.30. The van der Waals surface area contributed by atoms with Gasteiger partial charge in [0.25, 0.3) is 5.91 Å². The zero-order chi connectivity index (χ0) is 15.5. The van der Waals surface area contributed by atoms with Gasteiger partial charge in [-0.3, -0.25) is 9.78 Å². The quantitative estimate of drug-likeness (QED) is 0.741. The van der Waals surface area contributed by atoms with Gasteiger partial charge in [-0.2, -0.15) is 0 Å². The molecule has 1 N–H and O–H groups in total. The number of benzene rings is 1. The summed E-state index contributed by atoms with van der Waals surface area (Å²) in [6.45, 7) is 0. The van der Waals surface area contributed by atoms with Crippen molar-refractivity contribution >= 4 is 46.1 Å². The summed E-state index contributed by atoms with van der Waals surface area (Å²) in [6.07, 6.45) is 3.38. The molecule has 0 unspecified atom stereocenters. The van der Waals surface area contributed by atoms with Gasteiger partial charge in [0.1, 0.15) is 10.7 Å². The van der Waals surface area contributed by atoms with Crippen LogP contribution in [0, 0.1) is 0 Å². The van der Waals surface area contributed by atoms with E-state index in [9.17, 15) is 4.79 Å². The fourth-order valence-electron chi connectivity index (χ4n) is 1.79. The minimum Gasteiger partial charge on any atom is -0.318 e. The minimum atomic E-state index is -0.360. The molecule has 2 aromatic heterocycles. The molecule has 0 aliphatic heterocycles. The number of carbonyl (C=O) groups is 1. The van der Waals surface area contributed by atoms with Gasteiger partial charge in [-0.15, -0.1) is 11.3 Å². The van der Waals surface area contributed by atoms with Crippen LogP contribution < -0.4 is 5.32 Å². The van der Waals surface area contributed by atoms with Gasteiger partial charge in [0.05, 0.1) is 15.7 Å². The molecule has 3 aromatic rings. The van der Waals surface area contributed by atoms with Crippen LogP contribution in [-0.2, 0) is 0 Å². The predicted octanol–water partition coefficient (Wildman–Crippen LogP) is 4.76. The second kappa shape index (κ2) is 6.44. The van der Waals surface area contributed by atoms with Crippen LogP contribution in [0.1, 0.15) is 10.5 Å². The number of halogens is 2. The van der Waals surface area contributed by atoms with Crippen LogP contribution in [0.4, 0.5) is 5.69 Å². The van der Waals surface area contributed by atoms with Gasteiger partial charge in [0, 0.05) is 23.3 Å². The van der Waals surface area contributed by atoms with E-state index >= 15 is 0 Å². The van der Waals surface area contributed by atoms with Crippen LogP contribution in [0.15, 0.2) is 48.1 Å². The molecule has 22 heavy (non-hydrogen) atoms. The lowest BCUT2D eigenvalue weighted by atomic mass is 10.3. The molecular weight excluding hydrogens is 341 g/mol. The van der Waals surface area contributed by atoms with Gasteiger partial charge in [-0.05, 0) is 24.3 Å². The summed E-state index contributed by atoms with van der Waals surface area (Å²) in [5, 5.41) is 5.85. The number of thiazole rings is 1. The molecule has 2 heterocycles. The summed E-state index contributed by atoms with van der Waals surface area (Å²) >= 11 is 13.4. The van der Waals surface area contributed by atoms with Crippen LogP contribution in [0.25, 0.3) is 10.6 Å². The predicted molar refractivity (Wildman–Crippen MR) is 89.8 cm³/mol. The van der Waals surface area contributed by atoms with Crippen molar-refractivity contribution in [3.05, 3.63) is 63.8 Å². The monoisotopic (exact) mass is 349 g/mol. The van der Waals surface area contributed by atoms with E-state index in [1.807, 2.05) is 12.1 Å². The molecule has 1 aromatic carbocycles. The van der Waals surface area contributed by atoms with Crippen LogP contribution in [0.5, 0.6) is 0 Å².